The molecule has 0 aromatic carbocycles. The highest BCUT2D eigenvalue weighted by Gasteiger charge is 2.38. The lowest BCUT2D eigenvalue weighted by atomic mass is 9.80. The van der Waals surface area contributed by atoms with E-state index < -0.39 is 10.8 Å². The normalized spacial score (nSPS) is 41.3. The first kappa shape index (κ1) is 15.5. The van der Waals surface area contributed by atoms with Gasteiger partial charge in [-0.1, -0.05) is 20.8 Å². The maximum atomic E-state index is 12.7. The highest BCUT2D eigenvalue weighted by molar-refractivity contribution is 7.85. The van der Waals surface area contributed by atoms with Crippen LogP contribution in [0.25, 0.3) is 0 Å². The van der Waals surface area contributed by atoms with E-state index in [0.29, 0.717) is 17.2 Å². The van der Waals surface area contributed by atoms with Crippen LogP contribution >= 0.6 is 0 Å². The van der Waals surface area contributed by atoms with E-state index in [9.17, 15) is 4.21 Å². The SMILES string of the molecule is CCNC1CC(C)CC(C)C1S(=O)CC1CCCO1. The summed E-state index contributed by atoms with van der Waals surface area (Å²) in [6.07, 6.45) is 4.85. The first-order valence-corrected chi connectivity index (χ1v) is 9.22. The van der Waals surface area contributed by atoms with Crippen molar-refractivity contribution >= 4 is 10.8 Å². The summed E-state index contributed by atoms with van der Waals surface area (Å²) in [5.74, 6) is 2.04. The van der Waals surface area contributed by atoms with Crippen LogP contribution in [0.15, 0.2) is 0 Å². The van der Waals surface area contributed by atoms with Crippen molar-refractivity contribution in [3.8, 4) is 0 Å². The molecule has 19 heavy (non-hydrogen) atoms. The van der Waals surface area contributed by atoms with E-state index in [1.165, 1.54) is 12.8 Å². The van der Waals surface area contributed by atoms with Gasteiger partial charge in [-0.3, -0.25) is 4.21 Å². The van der Waals surface area contributed by atoms with Crippen molar-refractivity contribution in [1.82, 2.24) is 5.32 Å². The molecular weight excluding hydrogens is 258 g/mol. The van der Waals surface area contributed by atoms with E-state index in [-0.39, 0.29) is 6.10 Å². The molecule has 0 amide bonds. The van der Waals surface area contributed by atoms with Gasteiger partial charge in [-0.15, -0.1) is 0 Å². The van der Waals surface area contributed by atoms with Crippen molar-refractivity contribution < 1.29 is 8.95 Å². The molecule has 1 saturated heterocycles. The standard InChI is InChI=1S/C15H29NO2S/c1-4-16-14-9-11(2)8-12(3)15(14)19(17)10-13-6-5-7-18-13/h11-16H,4-10H2,1-3H3. The highest BCUT2D eigenvalue weighted by Crippen LogP contribution is 2.33. The van der Waals surface area contributed by atoms with Crippen molar-refractivity contribution in [3.63, 3.8) is 0 Å². The Bertz CT molecular complexity index is 305. The van der Waals surface area contributed by atoms with Gasteiger partial charge in [0, 0.05) is 23.4 Å². The van der Waals surface area contributed by atoms with E-state index in [0.717, 1.165) is 37.7 Å². The van der Waals surface area contributed by atoms with E-state index in [1.54, 1.807) is 0 Å². The minimum atomic E-state index is -0.760. The summed E-state index contributed by atoms with van der Waals surface area (Å²) < 4.78 is 18.4. The Morgan fingerprint density at radius 3 is 2.74 bits per heavy atom. The van der Waals surface area contributed by atoms with Gasteiger partial charge in [-0.05, 0) is 44.1 Å². The second-order valence-electron chi connectivity index (χ2n) is 6.37. The van der Waals surface area contributed by atoms with Gasteiger partial charge >= 0.3 is 0 Å². The summed E-state index contributed by atoms with van der Waals surface area (Å²) in [6, 6.07) is 0.422. The Labute approximate surface area is 120 Å². The third-order valence-corrected chi connectivity index (χ3v) is 6.63. The minimum absolute atomic E-state index is 0.245. The topological polar surface area (TPSA) is 38.3 Å². The summed E-state index contributed by atoms with van der Waals surface area (Å²) in [7, 11) is -0.760. The molecule has 6 unspecified atom stereocenters. The molecule has 2 aliphatic rings. The smallest absolute Gasteiger partial charge is 0.0691 e. The lowest BCUT2D eigenvalue weighted by molar-refractivity contribution is 0.127. The zero-order chi connectivity index (χ0) is 13.8. The van der Waals surface area contributed by atoms with Crippen LogP contribution in [0.1, 0.15) is 46.5 Å². The van der Waals surface area contributed by atoms with E-state index >= 15 is 0 Å². The van der Waals surface area contributed by atoms with Crippen molar-refractivity contribution in [2.24, 2.45) is 11.8 Å². The van der Waals surface area contributed by atoms with Crippen LogP contribution in [0, 0.1) is 11.8 Å². The first-order chi connectivity index (χ1) is 9.11. The third-order valence-electron chi connectivity index (χ3n) is 4.53. The van der Waals surface area contributed by atoms with Gasteiger partial charge < -0.3 is 10.1 Å². The first-order valence-electron chi connectivity index (χ1n) is 7.84. The molecule has 2 rings (SSSR count). The van der Waals surface area contributed by atoms with E-state index in [1.807, 2.05) is 0 Å². The maximum absolute atomic E-state index is 12.7. The number of hydrogen-bond acceptors (Lipinski definition) is 3. The van der Waals surface area contributed by atoms with E-state index in [4.69, 9.17) is 4.74 Å². The second-order valence-corrected chi connectivity index (χ2v) is 8.00. The molecule has 0 aromatic heterocycles. The third kappa shape index (κ3) is 4.02. The quantitative estimate of drug-likeness (QED) is 0.843. The molecule has 0 bridgehead atoms. The number of hydrogen-bond donors (Lipinski definition) is 1. The Morgan fingerprint density at radius 2 is 2.11 bits per heavy atom. The Morgan fingerprint density at radius 1 is 1.32 bits per heavy atom. The van der Waals surface area contributed by atoms with Crippen molar-refractivity contribution in [2.75, 3.05) is 18.9 Å². The van der Waals surface area contributed by atoms with Gasteiger partial charge in [0.15, 0.2) is 0 Å². The molecule has 1 N–H and O–H groups in total. The monoisotopic (exact) mass is 287 g/mol. The van der Waals surface area contributed by atoms with Crippen LogP contribution < -0.4 is 5.32 Å². The van der Waals surface area contributed by atoms with Crippen LogP contribution in [0.2, 0.25) is 0 Å². The molecular formula is C15H29NO2S. The average Bonchev–Trinajstić information content (AvgIpc) is 2.81. The minimum Gasteiger partial charge on any atom is -0.377 e. The lowest BCUT2D eigenvalue weighted by Crippen LogP contribution is -2.51. The molecule has 4 heteroatoms. The van der Waals surface area contributed by atoms with Crippen molar-refractivity contribution in [1.29, 1.82) is 0 Å². The molecule has 3 nitrogen and oxygen atoms in total. The van der Waals surface area contributed by atoms with Gasteiger partial charge in [0.1, 0.15) is 0 Å². The fourth-order valence-corrected chi connectivity index (χ4v) is 5.86. The van der Waals surface area contributed by atoms with Gasteiger partial charge in [0.2, 0.25) is 0 Å². The molecule has 1 aliphatic carbocycles. The molecule has 2 fully saturated rings. The van der Waals surface area contributed by atoms with Crippen LogP contribution in [0.3, 0.4) is 0 Å². The van der Waals surface area contributed by atoms with Crippen molar-refractivity contribution in [2.45, 2.75) is 63.9 Å². The molecule has 1 aliphatic heterocycles. The number of rotatable bonds is 5. The molecule has 0 radical (unpaired) electrons. The largest absolute Gasteiger partial charge is 0.377 e. The molecule has 112 valence electrons. The molecule has 0 spiro atoms. The summed E-state index contributed by atoms with van der Waals surface area (Å²) in [5, 5.41) is 3.87. The molecule has 1 saturated carbocycles. The summed E-state index contributed by atoms with van der Waals surface area (Å²) >= 11 is 0. The Hall–Kier alpha value is 0.0700. The fourth-order valence-electron chi connectivity index (χ4n) is 3.80. The second kappa shape index (κ2) is 7.19. The summed E-state index contributed by atoms with van der Waals surface area (Å²) in [6.45, 7) is 8.57. The highest BCUT2D eigenvalue weighted by atomic mass is 32.2. The predicted molar refractivity (Wildman–Crippen MR) is 80.8 cm³/mol. The zero-order valence-electron chi connectivity index (χ0n) is 12.6. The summed E-state index contributed by atoms with van der Waals surface area (Å²) in [4.78, 5) is 0. The fraction of sp³-hybridized carbons (Fsp3) is 1.00. The Balaban J connectivity index is 1.98. The molecule has 0 aromatic rings. The van der Waals surface area contributed by atoms with Crippen LogP contribution in [0.5, 0.6) is 0 Å². The predicted octanol–water partition coefficient (Wildman–Crippen LogP) is 2.33. The number of nitrogens with one attached hydrogen (secondary N) is 1. The van der Waals surface area contributed by atoms with Gasteiger partial charge in [-0.25, -0.2) is 0 Å². The maximum Gasteiger partial charge on any atom is 0.0691 e. The lowest BCUT2D eigenvalue weighted by Gasteiger charge is -2.39. The molecule has 6 atom stereocenters. The van der Waals surface area contributed by atoms with Crippen LogP contribution in [0.4, 0.5) is 0 Å². The van der Waals surface area contributed by atoms with Crippen LogP contribution in [-0.2, 0) is 15.5 Å². The van der Waals surface area contributed by atoms with Crippen molar-refractivity contribution in [3.05, 3.63) is 0 Å². The molecule has 1 heterocycles. The zero-order valence-corrected chi connectivity index (χ0v) is 13.4. The van der Waals surface area contributed by atoms with Gasteiger partial charge in [0.25, 0.3) is 0 Å². The number of ether oxygens (including phenoxy) is 1. The van der Waals surface area contributed by atoms with Gasteiger partial charge in [-0.2, -0.15) is 0 Å². The summed E-state index contributed by atoms with van der Waals surface area (Å²) in [5.41, 5.74) is 0. The van der Waals surface area contributed by atoms with Crippen LogP contribution in [-0.4, -0.2) is 40.5 Å². The van der Waals surface area contributed by atoms with E-state index in [2.05, 4.69) is 26.1 Å². The average molecular weight is 287 g/mol. The Kier molecular flexibility index (Phi) is 5.85. The van der Waals surface area contributed by atoms with Gasteiger partial charge in [0.05, 0.1) is 17.1 Å².